The van der Waals surface area contributed by atoms with Crippen LogP contribution in [0.2, 0.25) is 0 Å². The summed E-state index contributed by atoms with van der Waals surface area (Å²) < 4.78 is 14.0. The first-order valence-corrected chi connectivity index (χ1v) is 9.75. The maximum absolute atomic E-state index is 14.0. The minimum atomic E-state index is -0.841. The second-order valence-electron chi connectivity index (χ2n) is 8.26. The Balaban J connectivity index is 1.61. The highest BCUT2D eigenvalue weighted by Crippen LogP contribution is 2.45. The summed E-state index contributed by atoms with van der Waals surface area (Å²) in [5, 5.41) is 11.5. The molecule has 2 heterocycles. The molecule has 2 aromatic rings. The Labute approximate surface area is 155 Å². The molecule has 0 amide bonds. The molecule has 3 heteroatoms. The van der Waals surface area contributed by atoms with Gasteiger partial charge in [-0.15, -0.1) is 0 Å². The summed E-state index contributed by atoms with van der Waals surface area (Å²) in [7, 11) is 0. The van der Waals surface area contributed by atoms with Gasteiger partial charge >= 0.3 is 0 Å². The molecule has 26 heavy (non-hydrogen) atoms. The van der Waals surface area contributed by atoms with Gasteiger partial charge < -0.3 is 5.11 Å². The third-order valence-corrected chi connectivity index (χ3v) is 6.34. The van der Waals surface area contributed by atoms with Gasteiger partial charge in [-0.2, -0.15) is 0 Å². The lowest BCUT2D eigenvalue weighted by Gasteiger charge is -2.52. The van der Waals surface area contributed by atoms with Crippen LogP contribution in [0.15, 0.2) is 42.5 Å². The van der Waals surface area contributed by atoms with Crippen molar-refractivity contribution < 1.29 is 9.50 Å². The molecule has 2 saturated heterocycles. The first kappa shape index (κ1) is 17.7. The molecule has 2 unspecified atom stereocenters. The van der Waals surface area contributed by atoms with Crippen molar-refractivity contribution in [2.45, 2.75) is 70.2 Å². The van der Waals surface area contributed by atoms with Crippen LogP contribution in [0.4, 0.5) is 4.39 Å². The molecule has 2 atom stereocenters. The fraction of sp³-hybridized carbons (Fsp3) is 0.478. The zero-order valence-electron chi connectivity index (χ0n) is 15.7. The first-order chi connectivity index (χ1) is 12.5. The van der Waals surface area contributed by atoms with E-state index < -0.39 is 5.60 Å². The fourth-order valence-corrected chi connectivity index (χ4v) is 5.02. The SMILES string of the molecule is Cc1cc(C2(O)CC3CCCC(C2)N3Cc2ccccc2)cc(C)c1F. The third-order valence-electron chi connectivity index (χ3n) is 6.34. The summed E-state index contributed by atoms with van der Waals surface area (Å²) in [5.74, 6) is -0.154. The lowest BCUT2D eigenvalue weighted by Crippen LogP contribution is -2.56. The van der Waals surface area contributed by atoms with E-state index in [0.29, 0.717) is 23.2 Å². The lowest BCUT2D eigenvalue weighted by molar-refractivity contribution is -0.1000. The highest BCUT2D eigenvalue weighted by molar-refractivity contribution is 5.35. The Morgan fingerprint density at radius 1 is 1.04 bits per heavy atom. The first-order valence-electron chi connectivity index (χ1n) is 9.75. The Morgan fingerprint density at radius 2 is 1.62 bits per heavy atom. The monoisotopic (exact) mass is 353 g/mol. The van der Waals surface area contributed by atoms with Crippen LogP contribution in [0.1, 0.15) is 54.4 Å². The average Bonchev–Trinajstić information content (AvgIpc) is 2.61. The van der Waals surface area contributed by atoms with Gasteiger partial charge in [-0.1, -0.05) is 48.9 Å². The highest BCUT2D eigenvalue weighted by Gasteiger charge is 2.46. The fourth-order valence-electron chi connectivity index (χ4n) is 5.02. The molecule has 0 radical (unpaired) electrons. The minimum absolute atomic E-state index is 0.154. The van der Waals surface area contributed by atoms with Crippen LogP contribution in [0.25, 0.3) is 0 Å². The molecule has 0 aromatic heterocycles. The maximum atomic E-state index is 14.0. The Bertz CT molecular complexity index is 751. The second-order valence-corrected chi connectivity index (χ2v) is 8.26. The predicted molar refractivity (Wildman–Crippen MR) is 102 cm³/mol. The molecule has 2 nitrogen and oxygen atoms in total. The molecule has 1 N–H and O–H groups in total. The van der Waals surface area contributed by atoms with Gasteiger partial charge in [-0.3, -0.25) is 4.90 Å². The molecule has 0 aliphatic carbocycles. The summed E-state index contributed by atoms with van der Waals surface area (Å²) in [4.78, 5) is 2.59. The molecule has 4 rings (SSSR count). The Morgan fingerprint density at radius 3 is 2.19 bits per heavy atom. The van der Waals surface area contributed by atoms with Crippen LogP contribution < -0.4 is 0 Å². The number of rotatable bonds is 3. The molecule has 2 aromatic carbocycles. The van der Waals surface area contributed by atoms with Crippen molar-refractivity contribution in [3.05, 3.63) is 70.5 Å². The molecule has 0 saturated carbocycles. The molecular formula is C23H28FNO. The highest BCUT2D eigenvalue weighted by atomic mass is 19.1. The molecular weight excluding hydrogens is 325 g/mol. The van der Waals surface area contributed by atoms with Crippen molar-refractivity contribution in [1.29, 1.82) is 0 Å². The van der Waals surface area contributed by atoms with E-state index in [9.17, 15) is 9.50 Å². The molecule has 0 spiro atoms. The number of piperidine rings is 2. The van der Waals surface area contributed by atoms with Gasteiger partial charge in [0.2, 0.25) is 0 Å². The van der Waals surface area contributed by atoms with Crippen molar-refractivity contribution in [3.63, 3.8) is 0 Å². The van der Waals surface area contributed by atoms with Gasteiger partial charge in [-0.25, -0.2) is 4.39 Å². The number of halogens is 1. The van der Waals surface area contributed by atoms with Gasteiger partial charge in [0.1, 0.15) is 5.82 Å². The molecule has 138 valence electrons. The predicted octanol–water partition coefficient (Wildman–Crippen LogP) is 4.85. The zero-order chi connectivity index (χ0) is 18.3. The number of aryl methyl sites for hydroxylation is 2. The van der Waals surface area contributed by atoms with Crippen molar-refractivity contribution >= 4 is 0 Å². The van der Waals surface area contributed by atoms with E-state index in [4.69, 9.17) is 0 Å². The van der Waals surface area contributed by atoms with E-state index in [2.05, 4.69) is 35.2 Å². The van der Waals surface area contributed by atoms with E-state index in [0.717, 1.165) is 37.8 Å². The number of nitrogens with zero attached hydrogens (tertiary/aromatic N) is 1. The van der Waals surface area contributed by atoms with Crippen molar-refractivity contribution in [3.8, 4) is 0 Å². The van der Waals surface area contributed by atoms with Crippen molar-refractivity contribution in [1.82, 2.24) is 4.90 Å². The molecule has 2 aliphatic rings. The number of aliphatic hydroxyl groups is 1. The van der Waals surface area contributed by atoms with Crippen LogP contribution in [-0.4, -0.2) is 22.1 Å². The molecule has 2 fully saturated rings. The van der Waals surface area contributed by atoms with Crippen LogP contribution in [0.3, 0.4) is 0 Å². The normalized spacial score (nSPS) is 28.9. The molecule has 2 bridgehead atoms. The van der Waals surface area contributed by atoms with Crippen LogP contribution in [0, 0.1) is 19.7 Å². The van der Waals surface area contributed by atoms with Gasteiger partial charge in [0.05, 0.1) is 5.60 Å². The van der Waals surface area contributed by atoms with E-state index in [1.165, 1.54) is 12.0 Å². The third kappa shape index (κ3) is 3.19. The van der Waals surface area contributed by atoms with Crippen LogP contribution in [0.5, 0.6) is 0 Å². The van der Waals surface area contributed by atoms with Gasteiger partial charge in [0.25, 0.3) is 0 Å². The van der Waals surface area contributed by atoms with Crippen LogP contribution >= 0.6 is 0 Å². The topological polar surface area (TPSA) is 23.5 Å². The summed E-state index contributed by atoms with van der Waals surface area (Å²) in [6.07, 6.45) is 4.97. The number of fused-ring (bicyclic) bond motifs is 2. The summed E-state index contributed by atoms with van der Waals surface area (Å²) >= 11 is 0. The van der Waals surface area contributed by atoms with Crippen molar-refractivity contribution in [2.24, 2.45) is 0 Å². The van der Waals surface area contributed by atoms with E-state index >= 15 is 0 Å². The van der Waals surface area contributed by atoms with Crippen molar-refractivity contribution in [2.75, 3.05) is 0 Å². The Kier molecular flexibility index (Phi) is 4.62. The summed E-state index contributed by atoms with van der Waals surface area (Å²) in [6, 6.07) is 15.1. The largest absolute Gasteiger partial charge is 0.385 e. The number of hydrogen-bond donors (Lipinski definition) is 1. The number of benzene rings is 2. The average molecular weight is 353 g/mol. The van der Waals surface area contributed by atoms with Gasteiger partial charge in [0, 0.05) is 18.6 Å². The summed E-state index contributed by atoms with van der Waals surface area (Å²) in [6.45, 7) is 4.54. The van der Waals surface area contributed by atoms with Gasteiger partial charge in [-0.05, 0) is 61.8 Å². The summed E-state index contributed by atoms with van der Waals surface area (Å²) in [5.41, 5.74) is 2.65. The molecule has 2 aliphatic heterocycles. The maximum Gasteiger partial charge on any atom is 0.129 e. The van der Waals surface area contributed by atoms with E-state index in [-0.39, 0.29) is 5.82 Å². The smallest absolute Gasteiger partial charge is 0.129 e. The second kappa shape index (κ2) is 6.79. The standard InChI is InChI=1S/C23H28FNO/c1-16-11-19(12-17(2)22(16)24)23(26)13-20-9-6-10-21(14-23)25(20)15-18-7-4-3-5-8-18/h3-5,7-8,11-12,20-21,26H,6,9-10,13-15H2,1-2H3. The van der Waals surface area contributed by atoms with E-state index in [1.54, 1.807) is 13.8 Å². The van der Waals surface area contributed by atoms with Gasteiger partial charge in [0.15, 0.2) is 0 Å². The lowest BCUT2D eigenvalue weighted by atomic mass is 9.72. The van der Waals surface area contributed by atoms with Crippen LogP contribution in [-0.2, 0) is 12.1 Å². The minimum Gasteiger partial charge on any atom is -0.385 e. The Hall–Kier alpha value is -1.71. The zero-order valence-corrected chi connectivity index (χ0v) is 15.7. The van der Waals surface area contributed by atoms with E-state index in [1.807, 2.05) is 12.1 Å². The number of hydrogen-bond acceptors (Lipinski definition) is 2. The quantitative estimate of drug-likeness (QED) is 0.853.